The Balaban J connectivity index is 2.24. The van der Waals surface area contributed by atoms with Crippen LogP contribution in [0.4, 0.5) is 11.4 Å². The molecule has 0 fully saturated rings. The predicted molar refractivity (Wildman–Crippen MR) is 72.8 cm³/mol. The lowest BCUT2D eigenvalue weighted by atomic mass is 10.1. The minimum Gasteiger partial charge on any atom is -0.399 e. The minimum atomic E-state index is 0.764. The molecule has 2 aromatic rings. The SMILES string of the molecule is CON(OC)c1ccc(-c2ccc(N)cc2)cc1. The summed E-state index contributed by atoms with van der Waals surface area (Å²) in [6.07, 6.45) is 0. The van der Waals surface area contributed by atoms with Crippen LogP contribution in [0.2, 0.25) is 0 Å². The van der Waals surface area contributed by atoms with Crippen LogP contribution in [-0.4, -0.2) is 14.2 Å². The summed E-state index contributed by atoms with van der Waals surface area (Å²) >= 11 is 0. The summed E-state index contributed by atoms with van der Waals surface area (Å²) in [7, 11) is 3.11. The van der Waals surface area contributed by atoms with Crippen molar-refractivity contribution in [1.29, 1.82) is 0 Å². The van der Waals surface area contributed by atoms with Gasteiger partial charge in [0.1, 0.15) is 0 Å². The van der Waals surface area contributed by atoms with Crippen LogP contribution in [0, 0.1) is 0 Å². The molecule has 2 rings (SSSR count). The maximum Gasteiger partial charge on any atom is 0.0947 e. The van der Waals surface area contributed by atoms with Crippen LogP contribution in [0.5, 0.6) is 0 Å². The molecule has 0 aliphatic heterocycles. The quantitative estimate of drug-likeness (QED) is 0.663. The van der Waals surface area contributed by atoms with Gasteiger partial charge in [-0.2, -0.15) is 0 Å². The Labute approximate surface area is 106 Å². The highest BCUT2D eigenvalue weighted by Gasteiger charge is 2.04. The van der Waals surface area contributed by atoms with Crippen LogP contribution < -0.4 is 11.0 Å². The van der Waals surface area contributed by atoms with Gasteiger partial charge in [0, 0.05) is 5.69 Å². The Kier molecular flexibility index (Phi) is 3.82. The Bertz CT molecular complexity index is 490. The molecular formula is C14H16N2O2. The van der Waals surface area contributed by atoms with Crippen molar-refractivity contribution >= 4 is 11.4 Å². The minimum absolute atomic E-state index is 0.764. The lowest BCUT2D eigenvalue weighted by Crippen LogP contribution is -2.19. The fourth-order valence-corrected chi connectivity index (χ4v) is 1.74. The number of nitrogens with two attached hydrogens (primary N) is 1. The van der Waals surface area contributed by atoms with Gasteiger partial charge in [-0.15, -0.1) is 5.23 Å². The van der Waals surface area contributed by atoms with Crippen molar-refractivity contribution in [3.63, 3.8) is 0 Å². The first-order valence-electron chi connectivity index (χ1n) is 5.59. The fourth-order valence-electron chi connectivity index (χ4n) is 1.74. The largest absolute Gasteiger partial charge is 0.399 e. The third-order valence-corrected chi connectivity index (χ3v) is 2.65. The summed E-state index contributed by atoms with van der Waals surface area (Å²) in [6.45, 7) is 0. The molecule has 4 nitrogen and oxygen atoms in total. The van der Waals surface area contributed by atoms with Crippen molar-refractivity contribution in [3.8, 4) is 11.1 Å². The van der Waals surface area contributed by atoms with Crippen molar-refractivity contribution in [1.82, 2.24) is 0 Å². The molecule has 0 aliphatic carbocycles. The second kappa shape index (κ2) is 5.53. The zero-order valence-electron chi connectivity index (χ0n) is 10.5. The summed E-state index contributed by atoms with van der Waals surface area (Å²) in [6, 6.07) is 15.6. The first-order valence-corrected chi connectivity index (χ1v) is 5.59. The van der Waals surface area contributed by atoms with Crippen molar-refractivity contribution < 1.29 is 9.68 Å². The summed E-state index contributed by atoms with van der Waals surface area (Å²) in [5, 5.41) is 1.34. The van der Waals surface area contributed by atoms with Gasteiger partial charge in [0.2, 0.25) is 0 Å². The first-order chi connectivity index (χ1) is 8.74. The van der Waals surface area contributed by atoms with E-state index in [1.165, 1.54) is 5.23 Å². The lowest BCUT2D eigenvalue weighted by molar-refractivity contribution is -0.0433. The van der Waals surface area contributed by atoms with Crippen LogP contribution >= 0.6 is 0 Å². The number of anilines is 2. The first kappa shape index (κ1) is 12.4. The molecule has 0 atom stereocenters. The molecule has 4 heteroatoms. The van der Waals surface area contributed by atoms with Gasteiger partial charge in [-0.1, -0.05) is 24.3 Å². The number of benzene rings is 2. The normalized spacial score (nSPS) is 10.3. The van der Waals surface area contributed by atoms with E-state index in [9.17, 15) is 0 Å². The lowest BCUT2D eigenvalue weighted by Gasteiger charge is -2.18. The average Bonchev–Trinajstić information content (AvgIpc) is 2.42. The molecule has 0 saturated carbocycles. The van der Waals surface area contributed by atoms with E-state index in [0.717, 1.165) is 22.5 Å². The van der Waals surface area contributed by atoms with Crippen molar-refractivity contribution in [2.75, 3.05) is 25.2 Å². The number of nitrogen functional groups attached to an aromatic ring is 1. The molecule has 0 heterocycles. The molecule has 0 spiro atoms. The Morgan fingerprint density at radius 3 is 1.67 bits per heavy atom. The van der Waals surface area contributed by atoms with Gasteiger partial charge in [0.05, 0.1) is 19.9 Å². The van der Waals surface area contributed by atoms with E-state index in [4.69, 9.17) is 15.4 Å². The molecule has 0 amide bonds. The number of nitrogens with zero attached hydrogens (tertiary/aromatic N) is 1. The fraction of sp³-hybridized carbons (Fsp3) is 0.143. The summed E-state index contributed by atoms with van der Waals surface area (Å²) in [5.74, 6) is 0. The molecule has 0 radical (unpaired) electrons. The van der Waals surface area contributed by atoms with Gasteiger partial charge in [0.15, 0.2) is 0 Å². The van der Waals surface area contributed by atoms with Gasteiger partial charge in [-0.05, 0) is 35.4 Å². The molecule has 0 unspecified atom stereocenters. The molecule has 0 aliphatic rings. The van der Waals surface area contributed by atoms with Crippen molar-refractivity contribution in [2.24, 2.45) is 0 Å². The van der Waals surface area contributed by atoms with Gasteiger partial charge >= 0.3 is 0 Å². The van der Waals surface area contributed by atoms with Gasteiger partial charge in [0.25, 0.3) is 0 Å². The highest BCUT2D eigenvalue weighted by atomic mass is 16.9. The van der Waals surface area contributed by atoms with Crippen molar-refractivity contribution in [2.45, 2.75) is 0 Å². The van der Waals surface area contributed by atoms with E-state index in [2.05, 4.69) is 0 Å². The Morgan fingerprint density at radius 1 is 0.778 bits per heavy atom. The van der Waals surface area contributed by atoms with E-state index in [-0.39, 0.29) is 0 Å². The number of rotatable bonds is 4. The molecule has 18 heavy (non-hydrogen) atoms. The molecule has 2 N–H and O–H groups in total. The van der Waals surface area contributed by atoms with Crippen LogP contribution in [-0.2, 0) is 9.68 Å². The average molecular weight is 244 g/mol. The summed E-state index contributed by atoms with van der Waals surface area (Å²) < 4.78 is 0. The van der Waals surface area contributed by atoms with E-state index in [1.807, 2.05) is 48.5 Å². The second-order valence-electron chi connectivity index (χ2n) is 3.79. The monoisotopic (exact) mass is 244 g/mol. The van der Waals surface area contributed by atoms with E-state index < -0.39 is 0 Å². The highest BCUT2D eigenvalue weighted by molar-refractivity contribution is 5.67. The van der Waals surface area contributed by atoms with Crippen LogP contribution in [0.25, 0.3) is 11.1 Å². The number of hydrogen-bond acceptors (Lipinski definition) is 4. The standard InChI is InChI=1S/C14H16N2O2/c1-17-16(18-2)14-9-5-12(6-10-14)11-3-7-13(15)8-4-11/h3-10H,15H2,1-2H3. The topological polar surface area (TPSA) is 47.7 Å². The molecule has 94 valence electrons. The van der Waals surface area contributed by atoms with E-state index in [1.54, 1.807) is 14.2 Å². The van der Waals surface area contributed by atoms with Crippen LogP contribution in [0.1, 0.15) is 0 Å². The molecule has 0 aromatic heterocycles. The van der Waals surface area contributed by atoms with Crippen LogP contribution in [0.15, 0.2) is 48.5 Å². The third kappa shape index (κ3) is 2.61. The Hall–Kier alpha value is -2.04. The van der Waals surface area contributed by atoms with E-state index >= 15 is 0 Å². The van der Waals surface area contributed by atoms with Gasteiger partial charge in [-0.25, -0.2) is 0 Å². The molecule has 0 saturated heterocycles. The zero-order valence-corrected chi connectivity index (χ0v) is 10.5. The molecule has 0 bridgehead atoms. The van der Waals surface area contributed by atoms with Gasteiger partial charge in [-0.3, -0.25) is 9.68 Å². The summed E-state index contributed by atoms with van der Waals surface area (Å²) in [4.78, 5) is 10.1. The zero-order chi connectivity index (χ0) is 13.0. The molecule has 2 aromatic carbocycles. The molecular weight excluding hydrogens is 228 g/mol. The van der Waals surface area contributed by atoms with Gasteiger partial charge < -0.3 is 5.73 Å². The van der Waals surface area contributed by atoms with Crippen LogP contribution in [0.3, 0.4) is 0 Å². The van der Waals surface area contributed by atoms with E-state index in [0.29, 0.717) is 0 Å². The maximum absolute atomic E-state index is 5.66. The maximum atomic E-state index is 5.66. The predicted octanol–water partition coefficient (Wildman–Crippen LogP) is 2.87. The summed E-state index contributed by atoms with van der Waals surface area (Å²) in [5.41, 5.74) is 9.50. The second-order valence-corrected chi connectivity index (χ2v) is 3.79. The van der Waals surface area contributed by atoms with Crippen molar-refractivity contribution in [3.05, 3.63) is 48.5 Å². The highest BCUT2D eigenvalue weighted by Crippen LogP contribution is 2.24. The Morgan fingerprint density at radius 2 is 1.22 bits per heavy atom. The third-order valence-electron chi connectivity index (χ3n) is 2.65. The smallest absolute Gasteiger partial charge is 0.0947 e. The number of hydrogen-bond donors (Lipinski definition) is 1.